The molecule has 0 unspecified atom stereocenters. The number of nitrogens with zero attached hydrogens (tertiary/aromatic N) is 1. The molecule has 102 valence electrons. The van der Waals surface area contributed by atoms with Crippen LogP contribution in [-0.2, 0) is 16.0 Å². The largest absolute Gasteiger partial charge is 0.480 e. The number of carboxylic acids is 1. The summed E-state index contributed by atoms with van der Waals surface area (Å²) in [4.78, 5) is 24.8. The van der Waals surface area contributed by atoms with E-state index in [0.29, 0.717) is 13.0 Å². The molecule has 1 fully saturated rings. The number of carbonyl (C=O) groups is 2. The maximum Gasteiger partial charge on any atom is 0.326 e. The van der Waals surface area contributed by atoms with Gasteiger partial charge in [-0.2, -0.15) is 0 Å². The van der Waals surface area contributed by atoms with E-state index in [1.54, 1.807) is 0 Å². The van der Waals surface area contributed by atoms with Gasteiger partial charge in [0.1, 0.15) is 6.04 Å². The summed E-state index contributed by atoms with van der Waals surface area (Å²) < 4.78 is 0.967. The van der Waals surface area contributed by atoms with Crippen LogP contribution in [0.4, 0.5) is 0 Å². The van der Waals surface area contributed by atoms with E-state index in [9.17, 15) is 9.59 Å². The van der Waals surface area contributed by atoms with Crippen LogP contribution < -0.4 is 0 Å². The first-order chi connectivity index (χ1) is 9.00. The fourth-order valence-corrected chi connectivity index (χ4v) is 2.84. The molecule has 0 aromatic heterocycles. The standard InChI is InChI=1S/C14H16BrNO3/c1-9-10(4-2-5-11(9)15)8-13(17)16-7-3-6-12(16)14(18)19/h2,4-5,12H,3,6-8H2,1H3,(H,18,19)/t12-/m0/s1. The van der Waals surface area contributed by atoms with E-state index >= 15 is 0 Å². The van der Waals surface area contributed by atoms with E-state index in [2.05, 4.69) is 15.9 Å². The molecule has 0 radical (unpaired) electrons. The molecule has 19 heavy (non-hydrogen) atoms. The number of carboxylic acid groups (broad SMARTS) is 1. The maximum atomic E-state index is 12.2. The van der Waals surface area contributed by atoms with Crippen molar-refractivity contribution in [2.45, 2.75) is 32.2 Å². The van der Waals surface area contributed by atoms with Gasteiger partial charge in [-0.25, -0.2) is 4.79 Å². The lowest BCUT2D eigenvalue weighted by Gasteiger charge is -2.22. The Morgan fingerprint density at radius 3 is 2.89 bits per heavy atom. The van der Waals surface area contributed by atoms with Crippen molar-refractivity contribution in [1.82, 2.24) is 4.90 Å². The highest BCUT2D eigenvalue weighted by Crippen LogP contribution is 2.23. The topological polar surface area (TPSA) is 57.6 Å². The van der Waals surface area contributed by atoms with Gasteiger partial charge in [0.2, 0.25) is 5.91 Å². The number of halogens is 1. The third-order valence-electron chi connectivity index (χ3n) is 3.58. The Balaban J connectivity index is 2.13. The third-order valence-corrected chi connectivity index (χ3v) is 4.44. The summed E-state index contributed by atoms with van der Waals surface area (Å²) in [6.45, 7) is 2.49. The smallest absolute Gasteiger partial charge is 0.326 e. The second-order valence-corrected chi connectivity index (χ2v) is 5.64. The molecule has 1 atom stereocenters. The zero-order valence-corrected chi connectivity index (χ0v) is 12.3. The molecule has 1 heterocycles. The number of amides is 1. The molecule has 0 bridgehead atoms. The number of hydrogen-bond donors (Lipinski definition) is 1. The first-order valence-electron chi connectivity index (χ1n) is 6.27. The minimum absolute atomic E-state index is 0.105. The van der Waals surface area contributed by atoms with Crippen LogP contribution in [0.2, 0.25) is 0 Å². The second kappa shape index (κ2) is 5.74. The lowest BCUT2D eigenvalue weighted by Crippen LogP contribution is -2.41. The molecule has 2 rings (SSSR count). The molecular weight excluding hydrogens is 310 g/mol. The normalized spacial score (nSPS) is 18.6. The van der Waals surface area contributed by atoms with Crippen molar-refractivity contribution in [3.63, 3.8) is 0 Å². The molecular formula is C14H16BrNO3. The van der Waals surface area contributed by atoms with E-state index in [1.807, 2.05) is 25.1 Å². The average molecular weight is 326 g/mol. The van der Waals surface area contributed by atoms with Gasteiger partial charge in [0.25, 0.3) is 0 Å². The predicted octanol–water partition coefficient (Wildman–Crippen LogP) is 2.38. The Hall–Kier alpha value is -1.36. The number of hydrogen-bond acceptors (Lipinski definition) is 2. The number of rotatable bonds is 3. The zero-order chi connectivity index (χ0) is 14.0. The monoisotopic (exact) mass is 325 g/mol. The predicted molar refractivity (Wildman–Crippen MR) is 75.0 cm³/mol. The van der Waals surface area contributed by atoms with Crippen LogP contribution in [-0.4, -0.2) is 34.5 Å². The summed E-state index contributed by atoms with van der Waals surface area (Å²) in [5, 5.41) is 9.10. The van der Waals surface area contributed by atoms with Crippen LogP contribution in [0.25, 0.3) is 0 Å². The third kappa shape index (κ3) is 2.97. The number of likely N-dealkylation sites (tertiary alicyclic amines) is 1. The van der Waals surface area contributed by atoms with Crippen LogP contribution in [0, 0.1) is 6.92 Å². The van der Waals surface area contributed by atoms with Crippen molar-refractivity contribution in [3.8, 4) is 0 Å². The Kier molecular flexibility index (Phi) is 4.24. The molecule has 4 nitrogen and oxygen atoms in total. The van der Waals surface area contributed by atoms with Gasteiger partial charge in [0.05, 0.1) is 6.42 Å². The molecule has 0 spiro atoms. The van der Waals surface area contributed by atoms with Crippen molar-refractivity contribution in [3.05, 3.63) is 33.8 Å². The Labute approximate surface area is 120 Å². The lowest BCUT2D eigenvalue weighted by atomic mass is 10.1. The van der Waals surface area contributed by atoms with Gasteiger partial charge in [0, 0.05) is 11.0 Å². The quantitative estimate of drug-likeness (QED) is 0.928. The fraction of sp³-hybridized carbons (Fsp3) is 0.429. The minimum atomic E-state index is -0.906. The number of benzene rings is 1. The van der Waals surface area contributed by atoms with Gasteiger partial charge in [-0.15, -0.1) is 0 Å². The summed E-state index contributed by atoms with van der Waals surface area (Å²) in [6, 6.07) is 5.07. The molecule has 1 N–H and O–H groups in total. The van der Waals surface area contributed by atoms with Crippen LogP contribution in [0.3, 0.4) is 0 Å². The molecule has 5 heteroatoms. The number of carbonyl (C=O) groups excluding carboxylic acids is 1. The highest BCUT2D eigenvalue weighted by molar-refractivity contribution is 9.10. The first-order valence-corrected chi connectivity index (χ1v) is 7.06. The average Bonchev–Trinajstić information content (AvgIpc) is 2.84. The molecule has 1 amide bonds. The summed E-state index contributed by atoms with van der Waals surface area (Å²) >= 11 is 3.44. The molecule has 1 aliphatic heterocycles. The Bertz CT molecular complexity index is 515. The van der Waals surface area contributed by atoms with Crippen molar-refractivity contribution in [2.75, 3.05) is 6.54 Å². The second-order valence-electron chi connectivity index (χ2n) is 4.78. The lowest BCUT2D eigenvalue weighted by molar-refractivity contribution is -0.148. The van der Waals surface area contributed by atoms with Gasteiger partial charge in [-0.1, -0.05) is 28.1 Å². The molecule has 0 saturated carbocycles. The van der Waals surface area contributed by atoms with E-state index in [0.717, 1.165) is 22.0 Å². The van der Waals surface area contributed by atoms with E-state index < -0.39 is 12.0 Å². The van der Waals surface area contributed by atoms with Crippen molar-refractivity contribution in [1.29, 1.82) is 0 Å². The van der Waals surface area contributed by atoms with E-state index in [4.69, 9.17) is 5.11 Å². The molecule has 0 aliphatic carbocycles. The zero-order valence-electron chi connectivity index (χ0n) is 10.7. The summed E-state index contributed by atoms with van der Waals surface area (Å²) in [5.41, 5.74) is 1.97. The van der Waals surface area contributed by atoms with E-state index in [-0.39, 0.29) is 12.3 Å². The maximum absolute atomic E-state index is 12.2. The fourth-order valence-electron chi connectivity index (χ4n) is 2.43. The summed E-state index contributed by atoms with van der Waals surface area (Å²) in [6.07, 6.45) is 1.58. The number of aliphatic carboxylic acids is 1. The molecule has 1 aromatic carbocycles. The van der Waals surface area contributed by atoms with Crippen molar-refractivity contribution in [2.24, 2.45) is 0 Å². The Morgan fingerprint density at radius 1 is 1.47 bits per heavy atom. The molecule has 1 aliphatic rings. The van der Waals surface area contributed by atoms with E-state index in [1.165, 1.54) is 4.90 Å². The summed E-state index contributed by atoms with van der Waals surface area (Å²) in [5.74, 6) is -1.01. The summed E-state index contributed by atoms with van der Waals surface area (Å²) in [7, 11) is 0. The van der Waals surface area contributed by atoms with Gasteiger partial charge in [0.15, 0.2) is 0 Å². The van der Waals surface area contributed by atoms with Gasteiger partial charge in [-0.05, 0) is 37.0 Å². The first kappa shape index (κ1) is 14.1. The van der Waals surface area contributed by atoms with Crippen LogP contribution in [0.1, 0.15) is 24.0 Å². The van der Waals surface area contributed by atoms with Gasteiger partial charge >= 0.3 is 5.97 Å². The van der Waals surface area contributed by atoms with Gasteiger partial charge < -0.3 is 10.0 Å². The highest BCUT2D eigenvalue weighted by atomic mass is 79.9. The molecule has 1 saturated heterocycles. The highest BCUT2D eigenvalue weighted by Gasteiger charge is 2.33. The molecule has 1 aromatic rings. The van der Waals surface area contributed by atoms with Crippen molar-refractivity contribution >= 4 is 27.8 Å². The van der Waals surface area contributed by atoms with Gasteiger partial charge in [-0.3, -0.25) is 4.79 Å². The van der Waals surface area contributed by atoms with Crippen LogP contribution in [0.15, 0.2) is 22.7 Å². The minimum Gasteiger partial charge on any atom is -0.480 e. The SMILES string of the molecule is Cc1c(Br)cccc1CC(=O)N1CCC[C@H]1C(=O)O. The van der Waals surface area contributed by atoms with Crippen molar-refractivity contribution < 1.29 is 14.7 Å². The Morgan fingerprint density at radius 2 is 2.21 bits per heavy atom. The van der Waals surface area contributed by atoms with Crippen LogP contribution in [0.5, 0.6) is 0 Å². The van der Waals surface area contributed by atoms with Crippen LogP contribution >= 0.6 is 15.9 Å².